The molecule has 2 N–H and O–H groups in total. The van der Waals surface area contributed by atoms with E-state index in [0.29, 0.717) is 43.7 Å². The average molecular weight is 483 g/mol. The minimum atomic E-state index is -0.257. The van der Waals surface area contributed by atoms with Gasteiger partial charge < -0.3 is 10.6 Å². The smallest absolute Gasteiger partial charge is 0.263 e. The van der Waals surface area contributed by atoms with Crippen molar-refractivity contribution >= 4 is 58.2 Å². The normalized spacial score (nSPS) is 15.0. The molecule has 0 bridgehead atoms. The Morgan fingerprint density at radius 2 is 2.06 bits per heavy atom. The average Bonchev–Trinajstić information content (AvgIpc) is 2.80. The van der Waals surface area contributed by atoms with Crippen LogP contribution in [0.15, 0.2) is 41.6 Å². The van der Waals surface area contributed by atoms with Crippen LogP contribution >= 0.6 is 35.0 Å². The fourth-order valence-electron chi connectivity index (χ4n) is 3.85. The maximum atomic E-state index is 13.1. The second kappa shape index (κ2) is 8.60. The molecule has 2 aliphatic heterocycles. The fraction of sp³-hybridized carbons (Fsp3) is 0.182. The molecule has 0 unspecified atom stereocenters. The van der Waals surface area contributed by atoms with Crippen LogP contribution in [-0.2, 0) is 13.0 Å². The number of thioether (sulfide) groups is 1. The summed E-state index contributed by atoms with van der Waals surface area (Å²) >= 11 is 14.0. The fourth-order valence-corrected chi connectivity index (χ4v) is 5.39. The molecular formula is C22H16Cl2N6OS. The Balaban J connectivity index is 1.43. The number of nitrogens with zero attached hydrogens (tertiary/aromatic N) is 4. The van der Waals surface area contributed by atoms with Gasteiger partial charge in [0.15, 0.2) is 0 Å². The molecule has 2 aliphatic rings. The summed E-state index contributed by atoms with van der Waals surface area (Å²) in [7, 11) is 0. The maximum Gasteiger partial charge on any atom is 0.263 e. The Bertz CT molecular complexity index is 1270. The number of halogens is 2. The summed E-state index contributed by atoms with van der Waals surface area (Å²) in [4.78, 5) is 23.5. The van der Waals surface area contributed by atoms with E-state index in [-0.39, 0.29) is 5.91 Å². The zero-order chi connectivity index (χ0) is 22.2. The molecular weight excluding hydrogens is 467 g/mol. The number of nitriles is 1. The van der Waals surface area contributed by atoms with Crippen LogP contribution in [0, 0.1) is 11.3 Å². The summed E-state index contributed by atoms with van der Waals surface area (Å²) < 4.78 is 0. The van der Waals surface area contributed by atoms with Gasteiger partial charge in [-0.25, -0.2) is 9.97 Å². The number of fused-ring (bicyclic) bond motifs is 2. The molecule has 0 atom stereocenters. The number of carbonyl (C=O) groups excluding carboxylic acids is 1. The molecule has 1 amide bonds. The lowest BCUT2D eigenvalue weighted by molar-refractivity contribution is 0.0985. The van der Waals surface area contributed by atoms with Crippen molar-refractivity contribution in [3.8, 4) is 6.07 Å². The number of nitrogens with one attached hydrogen (secondary N) is 2. The number of amides is 1. The third-order valence-electron chi connectivity index (χ3n) is 5.35. The number of hydrogen-bond acceptors (Lipinski definition) is 7. The van der Waals surface area contributed by atoms with Gasteiger partial charge in [0.1, 0.15) is 5.03 Å². The van der Waals surface area contributed by atoms with E-state index in [9.17, 15) is 10.1 Å². The summed E-state index contributed by atoms with van der Waals surface area (Å²) in [5.74, 6) is 0.433. The second-order valence-corrected chi connectivity index (χ2v) is 9.06. The van der Waals surface area contributed by atoms with Crippen LogP contribution in [0.1, 0.15) is 27.0 Å². The number of benzene rings is 2. The van der Waals surface area contributed by atoms with Crippen molar-refractivity contribution in [2.45, 2.75) is 18.0 Å². The largest absolute Gasteiger partial charge is 0.324 e. The highest BCUT2D eigenvalue weighted by molar-refractivity contribution is 7.99. The molecule has 160 valence electrons. The highest BCUT2D eigenvalue weighted by Gasteiger charge is 2.30. The van der Waals surface area contributed by atoms with Gasteiger partial charge in [0.2, 0.25) is 5.95 Å². The SMILES string of the molecule is N#Cc1cc(Nc2ncc3c(n2)SCN(c2c(Cl)cccc2Cl)C3=O)cc2c1CCNC2. The molecule has 5 rings (SSSR count). The third kappa shape index (κ3) is 3.78. The Morgan fingerprint density at radius 3 is 2.84 bits per heavy atom. The Kier molecular flexibility index (Phi) is 5.66. The lowest BCUT2D eigenvalue weighted by Crippen LogP contribution is -2.35. The highest BCUT2D eigenvalue weighted by Crippen LogP contribution is 2.39. The Labute approximate surface area is 198 Å². The summed E-state index contributed by atoms with van der Waals surface area (Å²) in [5, 5.41) is 17.4. The van der Waals surface area contributed by atoms with Gasteiger partial charge in [0.25, 0.3) is 5.91 Å². The van der Waals surface area contributed by atoms with E-state index in [1.165, 1.54) is 22.9 Å². The standard InChI is InChI=1S/C22H16Cl2N6OS/c23-17-2-1-3-18(24)19(17)30-11-32-20-16(21(30)31)10-27-22(29-20)28-14-6-12(8-25)15-4-5-26-9-13(15)7-14/h1-3,6-7,10,26H,4-5,9,11H2,(H,27,28,29). The first-order chi connectivity index (χ1) is 15.5. The monoisotopic (exact) mass is 482 g/mol. The predicted molar refractivity (Wildman–Crippen MR) is 126 cm³/mol. The lowest BCUT2D eigenvalue weighted by atomic mass is 9.95. The number of para-hydroxylation sites is 1. The first kappa shape index (κ1) is 21.0. The lowest BCUT2D eigenvalue weighted by Gasteiger charge is -2.28. The molecule has 32 heavy (non-hydrogen) atoms. The Morgan fingerprint density at radius 1 is 1.25 bits per heavy atom. The van der Waals surface area contributed by atoms with Gasteiger partial charge in [-0.1, -0.05) is 41.0 Å². The van der Waals surface area contributed by atoms with Gasteiger partial charge in [-0.05, 0) is 48.4 Å². The van der Waals surface area contributed by atoms with Crippen molar-refractivity contribution in [1.29, 1.82) is 5.26 Å². The molecule has 7 nitrogen and oxygen atoms in total. The van der Waals surface area contributed by atoms with Crippen molar-refractivity contribution in [2.75, 3.05) is 22.6 Å². The van der Waals surface area contributed by atoms with Crippen LogP contribution in [0.4, 0.5) is 17.3 Å². The van der Waals surface area contributed by atoms with Crippen LogP contribution in [-0.4, -0.2) is 28.3 Å². The Hall–Kier alpha value is -2.83. The van der Waals surface area contributed by atoms with Crippen molar-refractivity contribution < 1.29 is 4.79 Å². The highest BCUT2D eigenvalue weighted by atomic mass is 35.5. The van der Waals surface area contributed by atoms with Crippen LogP contribution < -0.4 is 15.5 Å². The van der Waals surface area contributed by atoms with E-state index < -0.39 is 0 Å². The summed E-state index contributed by atoms with van der Waals surface area (Å²) in [6.45, 7) is 1.58. The van der Waals surface area contributed by atoms with E-state index in [0.717, 1.165) is 36.3 Å². The molecule has 1 aromatic heterocycles. The van der Waals surface area contributed by atoms with Gasteiger partial charge in [-0.3, -0.25) is 9.69 Å². The van der Waals surface area contributed by atoms with E-state index in [2.05, 4.69) is 26.7 Å². The summed E-state index contributed by atoms with van der Waals surface area (Å²) in [6, 6.07) is 11.2. The molecule has 0 spiro atoms. The minimum Gasteiger partial charge on any atom is -0.324 e. The molecule has 0 aliphatic carbocycles. The first-order valence-electron chi connectivity index (χ1n) is 9.84. The maximum absolute atomic E-state index is 13.1. The molecule has 2 aromatic carbocycles. The molecule has 10 heteroatoms. The molecule has 0 fully saturated rings. The van der Waals surface area contributed by atoms with Crippen LogP contribution in [0.25, 0.3) is 0 Å². The molecule has 0 saturated heterocycles. The molecule has 3 heterocycles. The van der Waals surface area contributed by atoms with Gasteiger partial charge in [-0.15, -0.1) is 0 Å². The van der Waals surface area contributed by atoms with E-state index in [1.54, 1.807) is 18.2 Å². The van der Waals surface area contributed by atoms with Crippen LogP contribution in [0.2, 0.25) is 10.0 Å². The van der Waals surface area contributed by atoms with Crippen LogP contribution in [0.5, 0.6) is 0 Å². The molecule has 0 radical (unpaired) electrons. The number of hydrogen-bond donors (Lipinski definition) is 2. The number of carbonyl (C=O) groups is 1. The number of anilines is 3. The van der Waals surface area contributed by atoms with Crippen LogP contribution in [0.3, 0.4) is 0 Å². The van der Waals surface area contributed by atoms with E-state index in [1.807, 2.05) is 12.1 Å². The van der Waals surface area contributed by atoms with Crippen molar-refractivity contribution in [3.05, 3.63) is 68.8 Å². The van der Waals surface area contributed by atoms with E-state index >= 15 is 0 Å². The predicted octanol–water partition coefficient (Wildman–Crippen LogP) is 4.75. The van der Waals surface area contributed by atoms with Gasteiger partial charge in [-0.2, -0.15) is 5.26 Å². The number of rotatable bonds is 3. The van der Waals surface area contributed by atoms with Crippen molar-refractivity contribution in [2.24, 2.45) is 0 Å². The van der Waals surface area contributed by atoms with Crippen molar-refractivity contribution in [1.82, 2.24) is 15.3 Å². The quantitative estimate of drug-likeness (QED) is 0.519. The zero-order valence-electron chi connectivity index (χ0n) is 16.7. The number of aromatic nitrogens is 2. The van der Waals surface area contributed by atoms with Gasteiger partial charge in [0.05, 0.1) is 38.8 Å². The van der Waals surface area contributed by atoms with E-state index in [4.69, 9.17) is 23.2 Å². The molecule has 3 aromatic rings. The van der Waals surface area contributed by atoms with Gasteiger partial charge in [0, 0.05) is 18.4 Å². The topological polar surface area (TPSA) is 93.9 Å². The minimum absolute atomic E-state index is 0.257. The van der Waals surface area contributed by atoms with Gasteiger partial charge >= 0.3 is 0 Å². The van der Waals surface area contributed by atoms with Crippen molar-refractivity contribution in [3.63, 3.8) is 0 Å². The third-order valence-corrected chi connectivity index (χ3v) is 6.94. The zero-order valence-corrected chi connectivity index (χ0v) is 19.0. The molecule has 0 saturated carbocycles. The summed E-state index contributed by atoms with van der Waals surface area (Å²) in [6.07, 6.45) is 2.33. The second-order valence-electron chi connectivity index (χ2n) is 7.31. The first-order valence-corrected chi connectivity index (χ1v) is 11.6. The summed E-state index contributed by atoms with van der Waals surface area (Å²) in [5.41, 5.74) is 4.43.